The molecule has 0 spiro atoms. The molecule has 0 heterocycles. The molecule has 0 unspecified atom stereocenters. The molecule has 0 atom stereocenters. The van der Waals surface area contributed by atoms with Crippen molar-refractivity contribution in [2.75, 3.05) is 0 Å². The van der Waals surface area contributed by atoms with Gasteiger partial charge in [-0.15, -0.1) is 12.6 Å². The van der Waals surface area contributed by atoms with Gasteiger partial charge in [-0.2, -0.15) is 0 Å². The van der Waals surface area contributed by atoms with Gasteiger partial charge >= 0.3 is 0 Å². The first kappa shape index (κ1) is 8.76. The Labute approximate surface area is 61.6 Å². The van der Waals surface area contributed by atoms with Crippen LogP contribution in [0.2, 0.25) is 0 Å². The van der Waals surface area contributed by atoms with Gasteiger partial charge in [0.25, 0.3) is 0 Å². The number of allylic oxidation sites excluding steroid dienone is 2. The van der Waals surface area contributed by atoms with Crippen LogP contribution in [0.1, 0.15) is 26.2 Å². The summed E-state index contributed by atoms with van der Waals surface area (Å²) in [5, 5.41) is -0.0317. The summed E-state index contributed by atoms with van der Waals surface area (Å²) in [5.41, 5.74) is 0. The van der Waals surface area contributed by atoms with Crippen LogP contribution in [0, 0.1) is 0 Å². The van der Waals surface area contributed by atoms with Crippen LogP contribution < -0.4 is 0 Å². The van der Waals surface area contributed by atoms with Crippen molar-refractivity contribution in [2.24, 2.45) is 0 Å². The molecule has 0 saturated carbocycles. The Morgan fingerprint density at radius 3 is 2.67 bits per heavy atom. The second-order valence-electron chi connectivity index (χ2n) is 1.81. The van der Waals surface area contributed by atoms with Crippen LogP contribution in [0.4, 0.5) is 0 Å². The van der Waals surface area contributed by atoms with Crippen molar-refractivity contribution < 1.29 is 4.79 Å². The molecular formula is C7H12OS. The third-order valence-corrected chi connectivity index (χ3v) is 1.15. The number of carbonyl (C=O) groups is 1. The first-order valence-corrected chi connectivity index (χ1v) is 3.59. The van der Waals surface area contributed by atoms with Gasteiger partial charge in [-0.3, -0.25) is 4.79 Å². The van der Waals surface area contributed by atoms with Gasteiger partial charge in [0.1, 0.15) is 0 Å². The van der Waals surface area contributed by atoms with E-state index >= 15 is 0 Å². The van der Waals surface area contributed by atoms with E-state index in [1.807, 2.05) is 6.08 Å². The number of carbonyl (C=O) groups excluding carboxylic acids is 1. The van der Waals surface area contributed by atoms with Gasteiger partial charge in [0.05, 0.1) is 0 Å². The van der Waals surface area contributed by atoms with Gasteiger partial charge < -0.3 is 0 Å². The van der Waals surface area contributed by atoms with Crippen LogP contribution in [0.3, 0.4) is 0 Å². The molecule has 0 aromatic heterocycles. The van der Waals surface area contributed by atoms with Crippen LogP contribution in [0.25, 0.3) is 0 Å². The Kier molecular flexibility index (Phi) is 5.73. The zero-order chi connectivity index (χ0) is 7.11. The van der Waals surface area contributed by atoms with Crippen molar-refractivity contribution in [2.45, 2.75) is 26.2 Å². The summed E-state index contributed by atoms with van der Waals surface area (Å²) in [4.78, 5) is 10.2. The van der Waals surface area contributed by atoms with Crippen molar-refractivity contribution >= 4 is 17.7 Å². The van der Waals surface area contributed by atoms with Crippen molar-refractivity contribution in [1.82, 2.24) is 0 Å². The highest BCUT2D eigenvalue weighted by Crippen LogP contribution is 1.95. The third-order valence-electron chi connectivity index (χ3n) is 0.927. The summed E-state index contributed by atoms with van der Waals surface area (Å²) in [6, 6.07) is 0. The molecule has 0 N–H and O–H groups in total. The molecule has 0 aliphatic heterocycles. The van der Waals surface area contributed by atoms with Crippen LogP contribution in [-0.2, 0) is 4.79 Å². The van der Waals surface area contributed by atoms with E-state index in [0.29, 0.717) is 6.42 Å². The Balaban J connectivity index is 3.09. The average molecular weight is 144 g/mol. The van der Waals surface area contributed by atoms with Crippen molar-refractivity contribution in [3.05, 3.63) is 12.2 Å². The molecule has 9 heavy (non-hydrogen) atoms. The minimum atomic E-state index is -0.0317. The van der Waals surface area contributed by atoms with Crippen molar-refractivity contribution in [1.29, 1.82) is 0 Å². The van der Waals surface area contributed by atoms with E-state index in [2.05, 4.69) is 25.6 Å². The summed E-state index contributed by atoms with van der Waals surface area (Å²) in [7, 11) is 0. The van der Waals surface area contributed by atoms with E-state index in [9.17, 15) is 4.79 Å². The number of hydrogen-bond donors (Lipinski definition) is 1. The van der Waals surface area contributed by atoms with E-state index in [-0.39, 0.29) is 5.12 Å². The zero-order valence-corrected chi connectivity index (χ0v) is 6.53. The molecule has 0 aromatic rings. The van der Waals surface area contributed by atoms with Gasteiger partial charge in [0, 0.05) is 6.42 Å². The first-order chi connectivity index (χ1) is 4.27. The van der Waals surface area contributed by atoms with Gasteiger partial charge in [-0.05, 0) is 12.8 Å². The van der Waals surface area contributed by atoms with E-state index in [4.69, 9.17) is 0 Å². The van der Waals surface area contributed by atoms with E-state index in [1.165, 1.54) is 0 Å². The molecule has 0 fully saturated rings. The maximum atomic E-state index is 10.2. The van der Waals surface area contributed by atoms with Crippen molar-refractivity contribution in [3.63, 3.8) is 0 Å². The molecule has 0 aromatic carbocycles. The molecule has 52 valence electrons. The Bertz CT molecular complexity index is 107. The lowest BCUT2D eigenvalue weighted by Crippen LogP contribution is -1.81. The normalized spacial score (nSPS) is 10.4. The lowest BCUT2D eigenvalue weighted by molar-refractivity contribution is -0.110. The molecular weight excluding hydrogens is 132 g/mol. The van der Waals surface area contributed by atoms with Crippen LogP contribution >= 0.6 is 12.6 Å². The first-order valence-electron chi connectivity index (χ1n) is 3.14. The van der Waals surface area contributed by atoms with Crippen LogP contribution in [0.5, 0.6) is 0 Å². The summed E-state index contributed by atoms with van der Waals surface area (Å²) >= 11 is 3.63. The molecule has 0 rings (SSSR count). The molecule has 0 aliphatic carbocycles. The summed E-state index contributed by atoms with van der Waals surface area (Å²) < 4.78 is 0. The van der Waals surface area contributed by atoms with Gasteiger partial charge in [0.15, 0.2) is 5.12 Å². The Morgan fingerprint density at radius 1 is 1.56 bits per heavy atom. The zero-order valence-electron chi connectivity index (χ0n) is 5.63. The van der Waals surface area contributed by atoms with Gasteiger partial charge in [-0.25, -0.2) is 0 Å². The van der Waals surface area contributed by atoms with Crippen LogP contribution in [-0.4, -0.2) is 5.12 Å². The SMILES string of the molecule is CCC=CCCC(=O)S. The minimum Gasteiger partial charge on any atom is -0.287 e. The van der Waals surface area contributed by atoms with Crippen molar-refractivity contribution in [3.8, 4) is 0 Å². The molecule has 0 aliphatic rings. The van der Waals surface area contributed by atoms with E-state index in [0.717, 1.165) is 12.8 Å². The molecule has 1 nitrogen and oxygen atoms in total. The van der Waals surface area contributed by atoms with E-state index < -0.39 is 0 Å². The van der Waals surface area contributed by atoms with Gasteiger partial charge in [0.2, 0.25) is 0 Å². The molecule has 0 bridgehead atoms. The summed E-state index contributed by atoms with van der Waals surface area (Å²) in [5.74, 6) is 0. The monoisotopic (exact) mass is 144 g/mol. The van der Waals surface area contributed by atoms with E-state index in [1.54, 1.807) is 0 Å². The molecule has 0 amide bonds. The molecule has 2 heteroatoms. The number of thiol groups is 1. The number of hydrogen-bond acceptors (Lipinski definition) is 1. The lowest BCUT2D eigenvalue weighted by Gasteiger charge is -1.85. The summed E-state index contributed by atoms with van der Waals surface area (Å²) in [6.45, 7) is 2.07. The quantitative estimate of drug-likeness (QED) is 0.473. The minimum absolute atomic E-state index is 0.0317. The fraction of sp³-hybridized carbons (Fsp3) is 0.571. The standard InChI is InChI=1S/C7H12OS/c1-2-3-4-5-6-7(8)9/h3-4H,2,5-6H2,1H3,(H,8,9). The topological polar surface area (TPSA) is 17.1 Å². The average Bonchev–Trinajstić information content (AvgIpc) is 1.80. The van der Waals surface area contributed by atoms with Gasteiger partial charge in [-0.1, -0.05) is 19.1 Å². The maximum Gasteiger partial charge on any atom is 0.186 e. The predicted octanol–water partition coefficient (Wildman–Crippen LogP) is 2.19. The highest BCUT2D eigenvalue weighted by Gasteiger charge is 1.87. The highest BCUT2D eigenvalue weighted by molar-refractivity contribution is 7.96. The molecule has 0 radical (unpaired) electrons. The fourth-order valence-electron chi connectivity index (χ4n) is 0.491. The second-order valence-corrected chi connectivity index (χ2v) is 2.31. The maximum absolute atomic E-state index is 10.2. The summed E-state index contributed by atoms with van der Waals surface area (Å²) in [6.07, 6.45) is 6.49. The highest BCUT2D eigenvalue weighted by atomic mass is 32.1. The predicted molar refractivity (Wildman–Crippen MR) is 42.7 cm³/mol. The van der Waals surface area contributed by atoms with Crippen LogP contribution in [0.15, 0.2) is 12.2 Å². The largest absolute Gasteiger partial charge is 0.287 e. The lowest BCUT2D eigenvalue weighted by atomic mass is 10.3. The number of rotatable bonds is 4. The second kappa shape index (κ2) is 5.89. The molecule has 0 saturated heterocycles. The third kappa shape index (κ3) is 7.76. The fourth-order valence-corrected chi connectivity index (χ4v) is 0.620. The smallest absolute Gasteiger partial charge is 0.186 e. The Hall–Kier alpha value is -0.240. The Morgan fingerprint density at radius 2 is 2.22 bits per heavy atom.